The second-order valence-electron chi connectivity index (χ2n) is 5.02. The number of amides is 2. The maximum atomic E-state index is 11.8. The Morgan fingerprint density at radius 1 is 1.11 bits per heavy atom. The van der Waals surface area contributed by atoms with Gasteiger partial charge in [0.25, 0.3) is 0 Å². The van der Waals surface area contributed by atoms with E-state index in [1.807, 2.05) is 4.90 Å². The standard InChI is InChI=1S/C12H18N2O5/c15-10(16)7-19-13-11(17)8-3-5-14(6-4-8)12(18)9-1-2-9/h8-9H,1-7H2,(H,13,17)(H,15,16). The molecule has 1 heterocycles. The van der Waals surface area contributed by atoms with Crippen LogP contribution in [0.15, 0.2) is 0 Å². The van der Waals surface area contributed by atoms with Gasteiger partial charge in [-0.2, -0.15) is 0 Å². The van der Waals surface area contributed by atoms with Crippen LogP contribution in [0.5, 0.6) is 0 Å². The number of hydroxylamine groups is 1. The fraction of sp³-hybridized carbons (Fsp3) is 0.750. The predicted octanol–water partition coefficient (Wildman–Crippen LogP) is -0.233. The van der Waals surface area contributed by atoms with E-state index in [1.165, 1.54) is 0 Å². The molecule has 2 fully saturated rings. The molecule has 0 bridgehead atoms. The minimum Gasteiger partial charge on any atom is -0.479 e. The summed E-state index contributed by atoms with van der Waals surface area (Å²) in [5.74, 6) is -1.23. The summed E-state index contributed by atoms with van der Waals surface area (Å²) < 4.78 is 0. The third-order valence-electron chi connectivity index (χ3n) is 3.47. The first-order valence-corrected chi connectivity index (χ1v) is 6.50. The van der Waals surface area contributed by atoms with Gasteiger partial charge in [-0.15, -0.1) is 0 Å². The van der Waals surface area contributed by atoms with Crippen molar-refractivity contribution in [3.05, 3.63) is 0 Å². The van der Waals surface area contributed by atoms with Crippen LogP contribution in [0.2, 0.25) is 0 Å². The molecular weight excluding hydrogens is 252 g/mol. The molecule has 1 saturated carbocycles. The van der Waals surface area contributed by atoms with Crippen LogP contribution in [0.25, 0.3) is 0 Å². The molecular formula is C12H18N2O5. The van der Waals surface area contributed by atoms with Crippen molar-refractivity contribution in [3.8, 4) is 0 Å². The molecule has 2 amide bonds. The Kier molecular flexibility index (Phi) is 4.36. The number of nitrogens with zero attached hydrogens (tertiary/aromatic N) is 1. The van der Waals surface area contributed by atoms with Crippen molar-refractivity contribution in [2.24, 2.45) is 11.8 Å². The molecule has 0 spiro atoms. The third-order valence-corrected chi connectivity index (χ3v) is 3.47. The minimum atomic E-state index is -1.13. The first-order chi connectivity index (χ1) is 9.08. The molecule has 7 nitrogen and oxygen atoms in total. The summed E-state index contributed by atoms with van der Waals surface area (Å²) >= 11 is 0. The van der Waals surface area contributed by atoms with Gasteiger partial charge in [0.2, 0.25) is 11.8 Å². The number of aliphatic carboxylic acids is 1. The molecule has 19 heavy (non-hydrogen) atoms. The number of piperidine rings is 1. The fourth-order valence-corrected chi connectivity index (χ4v) is 2.20. The Morgan fingerprint density at radius 2 is 1.74 bits per heavy atom. The lowest BCUT2D eigenvalue weighted by Gasteiger charge is -2.31. The molecule has 2 aliphatic rings. The molecule has 2 N–H and O–H groups in total. The van der Waals surface area contributed by atoms with Crippen LogP contribution >= 0.6 is 0 Å². The smallest absolute Gasteiger partial charge is 0.332 e. The van der Waals surface area contributed by atoms with Gasteiger partial charge >= 0.3 is 5.97 Å². The highest BCUT2D eigenvalue weighted by Gasteiger charge is 2.35. The number of carbonyl (C=O) groups is 3. The van der Waals surface area contributed by atoms with Crippen LogP contribution in [-0.2, 0) is 19.2 Å². The molecule has 0 atom stereocenters. The molecule has 1 aliphatic heterocycles. The van der Waals surface area contributed by atoms with Crippen molar-refractivity contribution in [1.82, 2.24) is 10.4 Å². The van der Waals surface area contributed by atoms with Crippen LogP contribution in [0.1, 0.15) is 25.7 Å². The number of carbonyl (C=O) groups excluding carboxylic acids is 2. The van der Waals surface area contributed by atoms with E-state index in [4.69, 9.17) is 5.11 Å². The lowest BCUT2D eigenvalue weighted by molar-refractivity contribution is -0.152. The van der Waals surface area contributed by atoms with Gasteiger partial charge in [-0.3, -0.25) is 14.4 Å². The average molecular weight is 270 g/mol. The maximum Gasteiger partial charge on any atom is 0.332 e. The summed E-state index contributed by atoms with van der Waals surface area (Å²) in [6, 6.07) is 0. The largest absolute Gasteiger partial charge is 0.479 e. The zero-order valence-corrected chi connectivity index (χ0v) is 10.6. The van der Waals surface area contributed by atoms with Crippen molar-refractivity contribution >= 4 is 17.8 Å². The van der Waals surface area contributed by atoms with E-state index in [-0.39, 0.29) is 23.7 Å². The molecule has 0 unspecified atom stereocenters. The molecule has 7 heteroatoms. The quantitative estimate of drug-likeness (QED) is 0.673. The summed E-state index contributed by atoms with van der Waals surface area (Å²) in [6.07, 6.45) is 3.17. The van der Waals surface area contributed by atoms with Crippen molar-refractivity contribution in [2.45, 2.75) is 25.7 Å². The zero-order chi connectivity index (χ0) is 13.8. The second-order valence-corrected chi connectivity index (χ2v) is 5.02. The summed E-state index contributed by atoms with van der Waals surface area (Å²) in [5.41, 5.74) is 2.14. The van der Waals surface area contributed by atoms with Crippen molar-refractivity contribution < 1.29 is 24.3 Å². The van der Waals surface area contributed by atoms with Gasteiger partial charge in [0.05, 0.1) is 0 Å². The predicted molar refractivity (Wildman–Crippen MR) is 63.8 cm³/mol. The van der Waals surface area contributed by atoms with E-state index < -0.39 is 12.6 Å². The van der Waals surface area contributed by atoms with Crippen LogP contribution < -0.4 is 5.48 Å². The molecule has 0 radical (unpaired) electrons. The number of carboxylic acid groups (broad SMARTS) is 1. The van der Waals surface area contributed by atoms with E-state index in [0.717, 1.165) is 12.8 Å². The normalized spacial score (nSPS) is 20.1. The van der Waals surface area contributed by atoms with Gasteiger partial charge < -0.3 is 10.0 Å². The zero-order valence-electron chi connectivity index (χ0n) is 10.6. The van der Waals surface area contributed by atoms with Crippen LogP contribution in [-0.4, -0.2) is 47.5 Å². The lowest BCUT2D eigenvalue weighted by atomic mass is 9.96. The Labute approximate surface area is 110 Å². The highest BCUT2D eigenvalue weighted by atomic mass is 16.7. The number of hydrogen-bond acceptors (Lipinski definition) is 4. The average Bonchev–Trinajstić information content (AvgIpc) is 3.22. The van der Waals surface area contributed by atoms with Gasteiger partial charge in [-0.25, -0.2) is 10.3 Å². The summed E-state index contributed by atoms with van der Waals surface area (Å²) in [4.78, 5) is 40.1. The number of carboxylic acids is 1. The molecule has 0 aromatic rings. The van der Waals surface area contributed by atoms with E-state index >= 15 is 0 Å². The summed E-state index contributed by atoms with van der Waals surface area (Å²) in [7, 11) is 0. The van der Waals surface area contributed by atoms with Gasteiger partial charge in [-0.05, 0) is 25.7 Å². The Hall–Kier alpha value is -1.63. The second kappa shape index (κ2) is 6.01. The first kappa shape index (κ1) is 13.8. The van der Waals surface area contributed by atoms with Gasteiger partial charge in [0.1, 0.15) is 0 Å². The lowest BCUT2D eigenvalue weighted by Crippen LogP contribution is -2.43. The van der Waals surface area contributed by atoms with Crippen LogP contribution in [0, 0.1) is 11.8 Å². The van der Waals surface area contributed by atoms with E-state index in [0.29, 0.717) is 25.9 Å². The van der Waals surface area contributed by atoms with Gasteiger partial charge in [0, 0.05) is 24.9 Å². The van der Waals surface area contributed by atoms with E-state index in [1.54, 1.807) is 0 Å². The van der Waals surface area contributed by atoms with E-state index in [2.05, 4.69) is 10.3 Å². The number of rotatable bonds is 5. The Bertz CT molecular complexity index is 372. The maximum absolute atomic E-state index is 11.8. The SMILES string of the molecule is O=C(O)CONC(=O)C1CCN(C(=O)C2CC2)CC1. The Balaban J connectivity index is 1.68. The highest BCUT2D eigenvalue weighted by Crippen LogP contribution is 2.32. The van der Waals surface area contributed by atoms with Crippen LogP contribution in [0.3, 0.4) is 0 Å². The van der Waals surface area contributed by atoms with Gasteiger partial charge in [0.15, 0.2) is 6.61 Å². The Morgan fingerprint density at radius 3 is 2.26 bits per heavy atom. The van der Waals surface area contributed by atoms with Gasteiger partial charge in [-0.1, -0.05) is 0 Å². The number of nitrogens with one attached hydrogen (secondary N) is 1. The molecule has 2 rings (SSSR count). The molecule has 0 aromatic heterocycles. The fourth-order valence-electron chi connectivity index (χ4n) is 2.20. The highest BCUT2D eigenvalue weighted by molar-refractivity contribution is 5.82. The van der Waals surface area contributed by atoms with Crippen molar-refractivity contribution in [2.75, 3.05) is 19.7 Å². The number of likely N-dealkylation sites (tertiary alicyclic amines) is 1. The monoisotopic (exact) mass is 270 g/mol. The number of hydrogen-bond donors (Lipinski definition) is 2. The topological polar surface area (TPSA) is 95.9 Å². The molecule has 1 saturated heterocycles. The third kappa shape index (κ3) is 3.92. The molecule has 106 valence electrons. The first-order valence-electron chi connectivity index (χ1n) is 6.50. The van der Waals surface area contributed by atoms with Crippen molar-refractivity contribution in [3.63, 3.8) is 0 Å². The summed E-state index contributed by atoms with van der Waals surface area (Å²) in [6.45, 7) is 0.628. The molecule has 0 aromatic carbocycles. The molecule has 1 aliphatic carbocycles. The van der Waals surface area contributed by atoms with Crippen LogP contribution in [0.4, 0.5) is 0 Å². The van der Waals surface area contributed by atoms with E-state index in [9.17, 15) is 14.4 Å². The van der Waals surface area contributed by atoms with Crippen molar-refractivity contribution in [1.29, 1.82) is 0 Å². The summed E-state index contributed by atoms with van der Waals surface area (Å²) in [5, 5.41) is 8.37. The minimum absolute atomic E-state index is 0.209.